The van der Waals surface area contributed by atoms with Crippen LogP contribution in [0.4, 0.5) is 10.1 Å². The number of tetrazole rings is 1. The molecule has 1 heterocycles. The van der Waals surface area contributed by atoms with Crippen LogP contribution in [0.5, 0.6) is 0 Å². The van der Waals surface area contributed by atoms with Crippen molar-refractivity contribution in [1.29, 1.82) is 0 Å². The maximum Gasteiger partial charge on any atom is 0.190 e. The average Bonchev–Trinajstić information content (AvgIpc) is 2.90. The summed E-state index contributed by atoms with van der Waals surface area (Å²) in [5.41, 5.74) is 7.73. The molecule has 0 fully saturated rings. The molecular formula is C14H11ClFN5. The molecule has 3 rings (SSSR count). The van der Waals surface area contributed by atoms with E-state index in [0.717, 1.165) is 5.56 Å². The van der Waals surface area contributed by atoms with Crippen molar-refractivity contribution in [3.8, 4) is 17.1 Å². The van der Waals surface area contributed by atoms with Crippen LogP contribution in [0.1, 0.15) is 5.56 Å². The lowest BCUT2D eigenvalue weighted by Crippen LogP contribution is -2.02. The molecule has 0 saturated heterocycles. The molecule has 0 saturated carbocycles. The van der Waals surface area contributed by atoms with Crippen molar-refractivity contribution in [3.05, 3.63) is 52.8 Å². The van der Waals surface area contributed by atoms with Crippen LogP contribution < -0.4 is 5.73 Å². The van der Waals surface area contributed by atoms with Crippen molar-refractivity contribution in [3.63, 3.8) is 0 Å². The van der Waals surface area contributed by atoms with Gasteiger partial charge in [-0.3, -0.25) is 0 Å². The first-order valence-corrected chi connectivity index (χ1v) is 6.54. The van der Waals surface area contributed by atoms with E-state index in [-0.39, 0.29) is 11.4 Å². The van der Waals surface area contributed by atoms with E-state index in [0.29, 0.717) is 16.4 Å². The van der Waals surface area contributed by atoms with Gasteiger partial charge in [0, 0.05) is 5.69 Å². The fourth-order valence-electron chi connectivity index (χ4n) is 2.02. The predicted octanol–water partition coefficient (Wildman–Crippen LogP) is 3.01. The number of rotatable bonds is 2. The lowest BCUT2D eigenvalue weighted by Gasteiger charge is -2.08. The van der Waals surface area contributed by atoms with Crippen molar-refractivity contribution < 1.29 is 4.39 Å². The van der Waals surface area contributed by atoms with Crippen molar-refractivity contribution >= 4 is 17.3 Å². The molecule has 0 aliphatic carbocycles. The zero-order valence-electron chi connectivity index (χ0n) is 11.1. The molecule has 106 valence electrons. The summed E-state index contributed by atoms with van der Waals surface area (Å²) in [4.78, 5) is 0. The number of hydrogen-bond acceptors (Lipinski definition) is 4. The molecule has 0 unspecified atom stereocenters. The van der Waals surface area contributed by atoms with E-state index in [1.807, 2.05) is 19.1 Å². The highest BCUT2D eigenvalue weighted by Crippen LogP contribution is 2.27. The zero-order valence-corrected chi connectivity index (χ0v) is 11.8. The Labute approximate surface area is 125 Å². The van der Waals surface area contributed by atoms with Crippen molar-refractivity contribution in [2.24, 2.45) is 0 Å². The Hall–Kier alpha value is -2.47. The first-order chi connectivity index (χ1) is 10.1. The van der Waals surface area contributed by atoms with Gasteiger partial charge in [-0.2, -0.15) is 4.68 Å². The standard InChI is InChI=1S/C14H11ClFN5/c1-8-2-5-11(15)13(6-8)21-14(18-19-20-21)10-4-3-9(17)7-12(10)16/h2-7H,17H2,1H3. The highest BCUT2D eigenvalue weighted by atomic mass is 35.5. The average molecular weight is 304 g/mol. The van der Waals surface area contributed by atoms with E-state index in [1.54, 1.807) is 12.1 Å². The van der Waals surface area contributed by atoms with E-state index < -0.39 is 5.82 Å². The summed E-state index contributed by atoms with van der Waals surface area (Å²) >= 11 is 6.18. The topological polar surface area (TPSA) is 69.6 Å². The lowest BCUT2D eigenvalue weighted by molar-refractivity contribution is 0.629. The highest BCUT2D eigenvalue weighted by Gasteiger charge is 2.16. The number of aryl methyl sites for hydroxylation is 1. The molecule has 0 amide bonds. The van der Waals surface area contributed by atoms with Crippen LogP contribution in [0.3, 0.4) is 0 Å². The van der Waals surface area contributed by atoms with E-state index in [1.165, 1.54) is 16.8 Å². The van der Waals surface area contributed by atoms with Gasteiger partial charge < -0.3 is 5.73 Å². The van der Waals surface area contributed by atoms with Crippen molar-refractivity contribution in [2.75, 3.05) is 5.73 Å². The van der Waals surface area contributed by atoms with Gasteiger partial charge in [0.05, 0.1) is 16.3 Å². The monoisotopic (exact) mass is 303 g/mol. The van der Waals surface area contributed by atoms with E-state index in [4.69, 9.17) is 17.3 Å². The third-order valence-corrected chi connectivity index (χ3v) is 3.35. The third kappa shape index (κ3) is 2.45. The summed E-state index contributed by atoms with van der Waals surface area (Å²) in [6.07, 6.45) is 0. The molecule has 3 aromatic rings. The van der Waals surface area contributed by atoms with Crippen LogP contribution >= 0.6 is 11.6 Å². The number of benzene rings is 2. The van der Waals surface area contributed by atoms with Gasteiger partial charge in [-0.1, -0.05) is 17.7 Å². The van der Waals surface area contributed by atoms with Gasteiger partial charge in [-0.25, -0.2) is 4.39 Å². The van der Waals surface area contributed by atoms with Crippen LogP contribution in [0.15, 0.2) is 36.4 Å². The summed E-state index contributed by atoms with van der Waals surface area (Å²) in [6.45, 7) is 1.92. The number of anilines is 1. The number of nitrogens with zero attached hydrogens (tertiary/aromatic N) is 4. The maximum absolute atomic E-state index is 14.1. The van der Waals surface area contributed by atoms with E-state index in [2.05, 4.69) is 15.5 Å². The van der Waals surface area contributed by atoms with Crippen LogP contribution in [0, 0.1) is 12.7 Å². The van der Waals surface area contributed by atoms with Gasteiger partial charge in [0.15, 0.2) is 5.82 Å². The maximum atomic E-state index is 14.1. The smallest absolute Gasteiger partial charge is 0.190 e. The Bertz CT molecular complexity index is 815. The predicted molar refractivity (Wildman–Crippen MR) is 78.7 cm³/mol. The number of nitrogens with two attached hydrogens (primary N) is 1. The molecule has 21 heavy (non-hydrogen) atoms. The molecular weight excluding hydrogens is 293 g/mol. The van der Waals surface area contributed by atoms with E-state index in [9.17, 15) is 4.39 Å². The number of hydrogen-bond donors (Lipinski definition) is 1. The molecule has 2 aromatic carbocycles. The number of aromatic nitrogens is 4. The van der Waals surface area contributed by atoms with Crippen LogP contribution in [0.25, 0.3) is 17.1 Å². The Morgan fingerprint density at radius 3 is 2.76 bits per heavy atom. The Morgan fingerprint density at radius 2 is 2.00 bits per heavy atom. The van der Waals surface area contributed by atoms with Crippen LogP contribution in [-0.2, 0) is 0 Å². The Balaban J connectivity index is 2.19. The largest absolute Gasteiger partial charge is 0.399 e. The lowest BCUT2D eigenvalue weighted by atomic mass is 10.1. The van der Waals surface area contributed by atoms with Gasteiger partial charge in [0.25, 0.3) is 0 Å². The molecule has 1 aromatic heterocycles. The molecule has 5 nitrogen and oxygen atoms in total. The SMILES string of the molecule is Cc1ccc(Cl)c(-n2nnnc2-c2ccc(N)cc2F)c1. The third-order valence-electron chi connectivity index (χ3n) is 3.03. The normalized spacial score (nSPS) is 10.8. The minimum Gasteiger partial charge on any atom is -0.399 e. The van der Waals surface area contributed by atoms with Gasteiger partial charge in [0.2, 0.25) is 0 Å². The second-order valence-corrected chi connectivity index (χ2v) is 5.02. The summed E-state index contributed by atoms with van der Waals surface area (Å²) in [5, 5.41) is 11.9. The van der Waals surface area contributed by atoms with Gasteiger partial charge in [-0.15, -0.1) is 5.10 Å². The second-order valence-electron chi connectivity index (χ2n) is 4.61. The number of nitrogen functional groups attached to an aromatic ring is 1. The Kier molecular flexibility index (Phi) is 3.31. The summed E-state index contributed by atoms with van der Waals surface area (Å²) < 4.78 is 15.5. The highest BCUT2D eigenvalue weighted by molar-refractivity contribution is 6.32. The van der Waals surface area contributed by atoms with E-state index >= 15 is 0 Å². The van der Waals surface area contributed by atoms with Crippen molar-refractivity contribution in [2.45, 2.75) is 6.92 Å². The molecule has 2 N–H and O–H groups in total. The fraction of sp³-hybridized carbons (Fsp3) is 0.0714. The molecule has 0 spiro atoms. The van der Waals surface area contributed by atoms with Crippen LogP contribution in [-0.4, -0.2) is 20.2 Å². The van der Waals surface area contributed by atoms with Crippen molar-refractivity contribution in [1.82, 2.24) is 20.2 Å². The molecule has 0 bridgehead atoms. The number of halogens is 2. The summed E-state index contributed by atoms with van der Waals surface area (Å²) in [6, 6.07) is 9.81. The molecule has 0 radical (unpaired) electrons. The minimum absolute atomic E-state index is 0.256. The molecule has 0 aliphatic heterocycles. The summed E-state index contributed by atoms with van der Waals surface area (Å²) in [7, 11) is 0. The zero-order chi connectivity index (χ0) is 15.0. The summed E-state index contributed by atoms with van der Waals surface area (Å²) in [5.74, 6) is -0.227. The van der Waals surface area contributed by atoms with Gasteiger partial charge in [-0.05, 0) is 53.2 Å². The van der Waals surface area contributed by atoms with Crippen LogP contribution in [0.2, 0.25) is 5.02 Å². The quantitative estimate of drug-likeness (QED) is 0.739. The molecule has 7 heteroatoms. The second kappa shape index (κ2) is 5.14. The fourth-order valence-corrected chi connectivity index (χ4v) is 2.21. The minimum atomic E-state index is -0.491. The molecule has 0 atom stereocenters. The van der Waals surface area contributed by atoms with Gasteiger partial charge in [0.1, 0.15) is 5.82 Å². The Morgan fingerprint density at radius 1 is 1.19 bits per heavy atom. The van der Waals surface area contributed by atoms with Gasteiger partial charge >= 0.3 is 0 Å². The first-order valence-electron chi connectivity index (χ1n) is 6.16. The molecule has 0 aliphatic rings. The first kappa shape index (κ1) is 13.5.